The summed E-state index contributed by atoms with van der Waals surface area (Å²) in [6.07, 6.45) is -0.473. The van der Waals surface area contributed by atoms with Crippen LogP contribution in [0.15, 0.2) is 24.3 Å². The highest BCUT2D eigenvalue weighted by atomic mass is 16.5. The first-order valence-electron chi connectivity index (χ1n) is 6.28. The second-order valence-electron chi connectivity index (χ2n) is 4.52. The number of benzene rings is 1. The quantitative estimate of drug-likeness (QED) is 0.738. The molecule has 0 bridgehead atoms. The second-order valence-corrected chi connectivity index (χ2v) is 4.52. The smallest absolute Gasteiger partial charge is 0.119 e. The molecule has 0 radical (unpaired) electrons. The Morgan fingerprint density at radius 3 is 2.72 bits per heavy atom. The Labute approximate surface area is 109 Å². The summed E-state index contributed by atoms with van der Waals surface area (Å²) < 4.78 is 10.8. The summed E-state index contributed by atoms with van der Waals surface area (Å²) in [4.78, 5) is 0. The molecule has 0 fully saturated rings. The van der Waals surface area contributed by atoms with Crippen LogP contribution >= 0.6 is 0 Å². The molecule has 4 heteroatoms. The lowest BCUT2D eigenvalue weighted by Crippen LogP contribution is -2.25. The Morgan fingerprint density at radius 1 is 1.28 bits per heavy atom. The Hall–Kier alpha value is -1.10. The van der Waals surface area contributed by atoms with E-state index in [9.17, 15) is 5.11 Å². The Morgan fingerprint density at radius 2 is 2.06 bits per heavy atom. The standard InChI is InChI=1S/C14H23NO3/c1-11(2)17-9-13(16)10-18-14-6-4-5-12(7-14)8-15-3/h4-7,11,13,15-16H,8-10H2,1-3H3. The molecule has 0 amide bonds. The summed E-state index contributed by atoms with van der Waals surface area (Å²) in [6.45, 7) is 5.23. The fraction of sp³-hybridized carbons (Fsp3) is 0.571. The molecule has 0 heterocycles. The predicted octanol–water partition coefficient (Wildman–Crippen LogP) is 1.57. The van der Waals surface area contributed by atoms with Gasteiger partial charge in [0, 0.05) is 6.54 Å². The first kappa shape index (κ1) is 15.0. The minimum atomic E-state index is -0.597. The van der Waals surface area contributed by atoms with Crippen molar-refractivity contribution in [2.45, 2.75) is 32.6 Å². The van der Waals surface area contributed by atoms with Gasteiger partial charge in [-0.05, 0) is 38.6 Å². The highest BCUT2D eigenvalue weighted by molar-refractivity contribution is 5.28. The van der Waals surface area contributed by atoms with Crippen molar-refractivity contribution in [2.75, 3.05) is 20.3 Å². The molecule has 0 aliphatic heterocycles. The molecule has 1 unspecified atom stereocenters. The third kappa shape index (κ3) is 6.00. The molecule has 0 aromatic heterocycles. The van der Waals surface area contributed by atoms with Gasteiger partial charge >= 0.3 is 0 Å². The van der Waals surface area contributed by atoms with Crippen molar-refractivity contribution >= 4 is 0 Å². The third-order valence-corrected chi connectivity index (χ3v) is 2.34. The van der Waals surface area contributed by atoms with Gasteiger partial charge in [-0.2, -0.15) is 0 Å². The lowest BCUT2D eigenvalue weighted by atomic mass is 10.2. The number of hydrogen-bond acceptors (Lipinski definition) is 4. The Kier molecular flexibility index (Phi) is 6.72. The van der Waals surface area contributed by atoms with E-state index in [0.717, 1.165) is 17.9 Å². The summed E-state index contributed by atoms with van der Waals surface area (Å²) in [5, 5.41) is 12.8. The second kappa shape index (κ2) is 8.08. The van der Waals surface area contributed by atoms with Gasteiger partial charge in [0.05, 0.1) is 12.7 Å². The zero-order valence-corrected chi connectivity index (χ0v) is 11.3. The van der Waals surface area contributed by atoms with E-state index in [-0.39, 0.29) is 12.7 Å². The van der Waals surface area contributed by atoms with Crippen LogP contribution in [0.3, 0.4) is 0 Å². The molecule has 0 aliphatic rings. The van der Waals surface area contributed by atoms with E-state index in [1.807, 2.05) is 45.2 Å². The van der Waals surface area contributed by atoms with E-state index in [1.165, 1.54) is 0 Å². The summed E-state index contributed by atoms with van der Waals surface area (Å²) in [7, 11) is 1.90. The minimum absolute atomic E-state index is 0.124. The van der Waals surface area contributed by atoms with Crippen LogP contribution in [0.4, 0.5) is 0 Å². The van der Waals surface area contributed by atoms with Crippen molar-refractivity contribution in [3.8, 4) is 5.75 Å². The van der Waals surface area contributed by atoms with Gasteiger partial charge in [-0.25, -0.2) is 0 Å². The van der Waals surface area contributed by atoms with Crippen LogP contribution in [0.25, 0.3) is 0 Å². The van der Waals surface area contributed by atoms with Gasteiger partial charge in [-0.15, -0.1) is 0 Å². The number of aliphatic hydroxyl groups is 1. The highest BCUT2D eigenvalue weighted by Gasteiger charge is 2.07. The van der Waals surface area contributed by atoms with Gasteiger partial charge < -0.3 is 19.9 Å². The van der Waals surface area contributed by atoms with Crippen molar-refractivity contribution in [1.29, 1.82) is 0 Å². The lowest BCUT2D eigenvalue weighted by molar-refractivity contribution is -0.0122. The van der Waals surface area contributed by atoms with Crippen LogP contribution < -0.4 is 10.1 Å². The molecule has 4 nitrogen and oxygen atoms in total. The molecule has 0 spiro atoms. The molecule has 1 aromatic carbocycles. The van der Waals surface area contributed by atoms with E-state index in [2.05, 4.69) is 5.32 Å². The summed E-state index contributed by atoms with van der Waals surface area (Å²) in [5.41, 5.74) is 1.16. The molecule has 0 aliphatic carbocycles. The molecule has 1 atom stereocenters. The van der Waals surface area contributed by atoms with Crippen molar-refractivity contribution in [3.63, 3.8) is 0 Å². The summed E-state index contributed by atoms with van der Waals surface area (Å²) in [5.74, 6) is 0.770. The van der Waals surface area contributed by atoms with Gasteiger partial charge in [-0.1, -0.05) is 12.1 Å². The molecule has 0 saturated carbocycles. The first-order chi connectivity index (χ1) is 8.61. The zero-order chi connectivity index (χ0) is 13.4. The number of nitrogens with one attached hydrogen (secondary N) is 1. The maximum atomic E-state index is 9.67. The minimum Gasteiger partial charge on any atom is -0.491 e. The molecule has 1 rings (SSSR count). The van der Waals surface area contributed by atoms with Gasteiger partial charge in [0.2, 0.25) is 0 Å². The van der Waals surface area contributed by atoms with Crippen molar-refractivity contribution in [3.05, 3.63) is 29.8 Å². The first-order valence-corrected chi connectivity index (χ1v) is 6.28. The monoisotopic (exact) mass is 253 g/mol. The average molecular weight is 253 g/mol. The maximum Gasteiger partial charge on any atom is 0.119 e. The number of ether oxygens (including phenoxy) is 2. The van der Waals surface area contributed by atoms with E-state index < -0.39 is 6.10 Å². The summed E-state index contributed by atoms with van der Waals surface area (Å²) in [6, 6.07) is 7.82. The maximum absolute atomic E-state index is 9.67. The van der Waals surface area contributed by atoms with Crippen LogP contribution in [0.2, 0.25) is 0 Å². The van der Waals surface area contributed by atoms with Crippen LogP contribution in [0.1, 0.15) is 19.4 Å². The van der Waals surface area contributed by atoms with Crippen molar-refractivity contribution in [1.82, 2.24) is 5.32 Å². The Bertz CT molecular complexity index is 342. The summed E-state index contributed by atoms with van der Waals surface area (Å²) >= 11 is 0. The molecular formula is C14H23NO3. The topological polar surface area (TPSA) is 50.7 Å². The number of aliphatic hydroxyl groups excluding tert-OH is 1. The van der Waals surface area contributed by atoms with Gasteiger partial charge in [-0.3, -0.25) is 0 Å². The van der Waals surface area contributed by atoms with Crippen LogP contribution in [-0.2, 0) is 11.3 Å². The van der Waals surface area contributed by atoms with Crippen molar-refractivity contribution in [2.24, 2.45) is 0 Å². The lowest BCUT2D eigenvalue weighted by Gasteiger charge is -2.14. The highest BCUT2D eigenvalue weighted by Crippen LogP contribution is 2.13. The number of hydrogen-bond donors (Lipinski definition) is 2. The Balaban J connectivity index is 2.35. The van der Waals surface area contributed by atoms with Gasteiger partial charge in [0.1, 0.15) is 18.5 Å². The molecule has 2 N–H and O–H groups in total. The van der Waals surface area contributed by atoms with E-state index in [1.54, 1.807) is 0 Å². The van der Waals surface area contributed by atoms with Crippen LogP contribution in [0, 0.1) is 0 Å². The van der Waals surface area contributed by atoms with Crippen LogP contribution in [-0.4, -0.2) is 37.6 Å². The predicted molar refractivity (Wildman–Crippen MR) is 71.8 cm³/mol. The number of rotatable bonds is 8. The molecule has 1 aromatic rings. The fourth-order valence-corrected chi connectivity index (χ4v) is 1.49. The van der Waals surface area contributed by atoms with E-state index in [0.29, 0.717) is 6.61 Å². The average Bonchev–Trinajstić information content (AvgIpc) is 2.35. The normalized spacial score (nSPS) is 12.7. The molecule has 102 valence electrons. The van der Waals surface area contributed by atoms with E-state index in [4.69, 9.17) is 9.47 Å². The van der Waals surface area contributed by atoms with Crippen molar-refractivity contribution < 1.29 is 14.6 Å². The molecule has 18 heavy (non-hydrogen) atoms. The largest absolute Gasteiger partial charge is 0.491 e. The van der Waals surface area contributed by atoms with Gasteiger partial charge in [0.25, 0.3) is 0 Å². The SMILES string of the molecule is CNCc1cccc(OCC(O)COC(C)C)c1. The third-order valence-electron chi connectivity index (χ3n) is 2.34. The molecular weight excluding hydrogens is 230 g/mol. The fourth-order valence-electron chi connectivity index (χ4n) is 1.49. The van der Waals surface area contributed by atoms with Gasteiger partial charge in [0.15, 0.2) is 0 Å². The zero-order valence-electron chi connectivity index (χ0n) is 11.3. The van der Waals surface area contributed by atoms with E-state index >= 15 is 0 Å². The molecule has 0 saturated heterocycles. The van der Waals surface area contributed by atoms with Crippen LogP contribution in [0.5, 0.6) is 5.75 Å².